The Hall–Kier alpha value is -5.25. The summed E-state index contributed by atoms with van der Waals surface area (Å²) in [4.78, 5) is 54.7. The first-order chi connectivity index (χ1) is 22.6. The molecule has 0 fully saturated rings. The first kappa shape index (κ1) is 33.1. The normalized spacial score (nSPS) is 13.1. The number of hydrogen-bond donors (Lipinski definition) is 3. The van der Waals surface area contributed by atoms with Crippen LogP contribution in [0, 0.1) is 17.1 Å². The lowest BCUT2D eigenvalue weighted by molar-refractivity contribution is -0.129. The van der Waals surface area contributed by atoms with Gasteiger partial charge < -0.3 is 20.9 Å². The Morgan fingerprint density at radius 2 is 1.77 bits per heavy atom. The summed E-state index contributed by atoms with van der Waals surface area (Å²) in [6.45, 7) is 4.20. The molecule has 4 amide bonds. The molecule has 5 rings (SSSR count). The molecule has 1 aromatic heterocycles. The van der Waals surface area contributed by atoms with Gasteiger partial charge in [0.15, 0.2) is 0 Å². The van der Waals surface area contributed by atoms with Crippen molar-refractivity contribution in [1.82, 2.24) is 10.2 Å². The number of nitrogens with one attached hydrogen (secondary N) is 3. The monoisotopic (exact) mass is 667 g/mol. The quantitative estimate of drug-likeness (QED) is 0.144. The predicted molar refractivity (Wildman–Crippen MR) is 181 cm³/mol. The Kier molecular flexibility index (Phi) is 10.5. The number of benzene rings is 3. The lowest BCUT2D eigenvalue weighted by atomic mass is 10.0. The second-order valence-electron chi connectivity index (χ2n) is 10.7. The topological polar surface area (TPSA) is 131 Å². The van der Waals surface area contributed by atoms with E-state index in [1.54, 1.807) is 66.4 Å². The van der Waals surface area contributed by atoms with Gasteiger partial charge in [0.1, 0.15) is 22.6 Å². The van der Waals surface area contributed by atoms with Gasteiger partial charge in [0, 0.05) is 34.5 Å². The van der Waals surface area contributed by atoms with Crippen molar-refractivity contribution in [2.45, 2.75) is 37.0 Å². The number of hydrogen-bond acceptors (Lipinski definition) is 7. The molecule has 4 aromatic rings. The first-order valence-electron chi connectivity index (χ1n) is 14.6. The minimum absolute atomic E-state index is 0.0337. The summed E-state index contributed by atoms with van der Waals surface area (Å²) in [5.74, 6) is -1.84. The third-order valence-corrected chi connectivity index (χ3v) is 9.56. The molecule has 9 nitrogen and oxygen atoms in total. The minimum atomic E-state index is -0.597. The summed E-state index contributed by atoms with van der Waals surface area (Å²) in [6, 6.07) is 23.1. The zero-order chi connectivity index (χ0) is 33.5. The smallest absolute Gasteiger partial charge is 0.272 e. The number of rotatable bonds is 9. The third kappa shape index (κ3) is 8.32. The molecule has 0 bridgehead atoms. The average Bonchev–Trinajstić information content (AvgIpc) is 3.41. The highest BCUT2D eigenvalue weighted by Gasteiger charge is 2.27. The summed E-state index contributed by atoms with van der Waals surface area (Å²) in [6.07, 6.45) is 2.01. The van der Waals surface area contributed by atoms with E-state index in [0.717, 1.165) is 10.4 Å². The number of nitrogens with zero attached hydrogens (tertiary/aromatic N) is 2. The van der Waals surface area contributed by atoms with E-state index < -0.39 is 22.9 Å². The fourth-order valence-corrected chi connectivity index (χ4v) is 7.01. The third-order valence-electron chi connectivity index (χ3n) is 7.33. The van der Waals surface area contributed by atoms with Crippen molar-refractivity contribution in [3.8, 4) is 6.07 Å². The standard InChI is InChI=1S/C35H30FN5O4S2/c1-21(32(43)40-35-29(19-37)28-15-16-41(22(2)42)20-31(28)47-35)46-27-10-6-9-26(18-27)38-34(45)30(17-23-11-13-25(36)14-12-23)39-33(44)24-7-4-3-5-8-24/h3-14,17-18,21H,15-16,20H2,1-2H3,(H,38,45)(H,39,44)(H,40,43)/b30-17+. The molecule has 1 aliphatic rings. The number of halogens is 1. The van der Waals surface area contributed by atoms with Crippen molar-refractivity contribution in [2.75, 3.05) is 17.2 Å². The summed E-state index contributed by atoms with van der Waals surface area (Å²) >= 11 is 2.59. The van der Waals surface area contributed by atoms with Gasteiger partial charge in [-0.05, 0) is 73.0 Å². The van der Waals surface area contributed by atoms with Crippen LogP contribution in [0.5, 0.6) is 0 Å². The molecule has 12 heteroatoms. The van der Waals surface area contributed by atoms with Crippen molar-refractivity contribution in [3.63, 3.8) is 0 Å². The highest BCUT2D eigenvalue weighted by molar-refractivity contribution is 8.00. The number of thioether (sulfide) groups is 1. The van der Waals surface area contributed by atoms with Gasteiger partial charge in [-0.1, -0.05) is 36.4 Å². The Labute approximate surface area is 279 Å². The molecule has 3 N–H and O–H groups in total. The molecule has 3 aromatic carbocycles. The Bertz CT molecular complexity index is 1900. The van der Waals surface area contributed by atoms with Crippen LogP contribution < -0.4 is 16.0 Å². The zero-order valence-electron chi connectivity index (χ0n) is 25.5. The molecule has 0 saturated carbocycles. The molecule has 0 spiro atoms. The number of anilines is 2. The minimum Gasteiger partial charge on any atom is -0.337 e. The van der Waals surface area contributed by atoms with E-state index in [4.69, 9.17) is 0 Å². The maximum atomic E-state index is 13.5. The highest BCUT2D eigenvalue weighted by atomic mass is 32.2. The van der Waals surface area contributed by atoms with Crippen LogP contribution in [0.25, 0.3) is 6.08 Å². The molecule has 2 heterocycles. The summed E-state index contributed by atoms with van der Waals surface area (Å²) < 4.78 is 13.5. The van der Waals surface area contributed by atoms with Gasteiger partial charge in [0.05, 0.1) is 17.4 Å². The van der Waals surface area contributed by atoms with Gasteiger partial charge in [0.2, 0.25) is 11.8 Å². The number of fused-ring (bicyclic) bond motifs is 1. The second-order valence-corrected chi connectivity index (χ2v) is 13.2. The largest absolute Gasteiger partial charge is 0.337 e. The van der Waals surface area contributed by atoms with Crippen molar-refractivity contribution in [3.05, 3.63) is 118 Å². The molecule has 0 saturated heterocycles. The van der Waals surface area contributed by atoms with Crippen molar-refractivity contribution in [2.24, 2.45) is 0 Å². The lowest BCUT2D eigenvalue weighted by Crippen LogP contribution is -2.33. The van der Waals surface area contributed by atoms with Crippen LogP contribution in [-0.4, -0.2) is 40.3 Å². The number of amides is 4. The fourth-order valence-electron chi connectivity index (χ4n) is 4.86. The van der Waals surface area contributed by atoms with Crippen molar-refractivity contribution >= 4 is 63.5 Å². The molecular formula is C35H30FN5O4S2. The van der Waals surface area contributed by atoms with Crippen LogP contribution in [0.1, 0.15) is 45.8 Å². The van der Waals surface area contributed by atoms with Gasteiger partial charge in [0.25, 0.3) is 11.8 Å². The van der Waals surface area contributed by atoms with Crippen LogP contribution in [0.3, 0.4) is 0 Å². The molecule has 47 heavy (non-hydrogen) atoms. The van der Waals surface area contributed by atoms with Crippen molar-refractivity contribution < 1.29 is 23.6 Å². The van der Waals surface area contributed by atoms with Gasteiger partial charge in [-0.15, -0.1) is 23.1 Å². The molecule has 0 radical (unpaired) electrons. The predicted octanol–water partition coefficient (Wildman–Crippen LogP) is 6.19. The van der Waals surface area contributed by atoms with E-state index >= 15 is 0 Å². The van der Waals surface area contributed by atoms with Crippen LogP contribution >= 0.6 is 23.1 Å². The van der Waals surface area contributed by atoms with Crippen LogP contribution in [0.4, 0.5) is 15.1 Å². The van der Waals surface area contributed by atoms with E-state index in [0.29, 0.717) is 51.8 Å². The number of nitriles is 1. The van der Waals surface area contributed by atoms with E-state index in [1.807, 2.05) is 0 Å². The maximum Gasteiger partial charge on any atom is 0.272 e. The van der Waals surface area contributed by atoms with Gasteiger partial charge in [-0.3, -0.25) is 19.2 Å². The zero-order valence-corrected chi connectivity index (χ0v) is 27.1. The first-order valence-corrected chi connectivity index (χ1v) is 16.3. The lowest BCUT2D eigenvalue weighted by Gasteiger charge is -2.25. The number of thiophene rings is 1. The highest BCUT2D eigenvalue weighted by Crippen LogP contribution is 2.37. The van der Waals surface area contributed by atoms with Crippen LogP contribution in [0.15, 0.2) is 89.5 Å². The Morgan fingerprint density at radius 3 is 2.47 bits per heavy atom. The van der Waals surface area contributed by atoms with Crippen LogP contribution in [-0.2, 0) is 27.3 Å². The second kappa shape index (κ2) is 14.9. The van der Waals surface area contributed by atoms with Gasteiger partial charge >= 0.3 is 0 Å². The average molecular weight is 668 g/mol. The summed E-state index contributed by atoms with van der Waals surface area (Å²) in [5.41, 5.74) is 2.57. The van der Waals surface area contributed by atoms with E-state index in [2.05, 4.69) is 22.0 Å². The summed E-state index contributed by atoms with van der Waals surface area (Å²) in [5, 5.41) is 18.1. The van der Waals surface area contributed by atoms with E-state index in [-0.39, 0.29) is 17.5 Å². The molecule has 0 aliphatic carbocycles. The number of carbonyl (C=O) groups excluding carboxylic acids is 4. The van der Waals surface area contributed by atoms with E-state index in [9.17, 15) is 28.8 Å². The maximum absolute atomic E-state index is 13.5. The number of carbonyl (C=O) groups is 4. The molecule has 1 atom stereocenters. The molecule has 238 valence electrons. The molecular weight excluding hydrogens is 638 g/mol. The van der Waals surface area contributed by atoms with E-state index in [1.165, 1.54) is 60.4 Å². The SMILES string of the molecule is CC(=O)N1CCc2c(sc(NC(=O)C(C)Sc3cccc(NC(=O)/C(=C\c4ccc(F)cc4)NC(=O)c4ccccc4)c3)c2C#N)C1. The Balaban J connectivity index is 1.27. The fraction of sp³-hybridized carbons (Fsp3) is 0.171. The van der Waals surface area contributed by atoms with Gasteiger partial charge in [-0.25, -0.2) is 4.39 Å². The molecule has 1 unspecified atom stereocenters. The van der Waals surface area contributed by atoms with Gasteiger partial charge in [-0.2, -0.15) is 5.26 Å². The van der Waals surface area contributed by atoms with Crippen LogP contribution in [0.2, 0.25) is 0 Å². The molecule has 1 aliphatic heterocycles. The Morgan fingerprint density at radius 1 is 1.02 bits per heavy atom. The summed E-state index contributed by atoms with van der Waals surface area (Å²) in [7, 11) is 0. The van der Waals surface area contributed by atoms with Crippen molar-refractivity contribution in [1.29, 1.82) is 5.26 Å².